The third kappa shape index (κ3) is 4.38. The molecule has 2 aliphatic rings. The highest BCUT2D eigenvalue weighted by Crippen LogP contribution is 2.33. The van der Waals surface area contributed by atoms with Crippen molar-refractivity contribution in [2.75, 3.05) is 26.3 Å². The molecule has 8 nitrogen and oxygen atoms in total. The van der Waals surface area contributed by atoms with Gasteiger partial charge in [0.15, 0.2) is 0 Å². The summed E-state index contributed by atoms with van der Waals surface area (Å²) in [6, 6.07) is 3.11. The summed E-state index contributed by atoms with van der Waals surface area (Å²) in [6.45, 7) is 6.31. The second kappa shape index (κ2) is 7.53. The van der Waals surface area contributed by atoms with E-state index in [0.717, 1.165) is 12.8 Å². The minimum absolute atomic E-state index is 0.0842. The second-order valence-corrected chi connectivity index (χ2v) is 7.08. The third-order valence-electron chi connectivity index (χ3n) is 4.55. The fraction of sp³-hybridized carbons (Fsp3) is 0.706. The van der Waals surface area contributed by atoms with E-state index < -0.39 is 5.60 Å². The Hall–Kier alpha value is -1.93. The quantitative estimate of drug-likeness (QED) is 0.863. The van der Waals surface area contributed by atoms with E-state index in [2.05, 4.69) is 10.4 Å². The molecule has 0 aromatic carbocycles. The van der Waals surface area contributed by atoms with Gasteiger partial charge in [0.25, 0.3) is 5.56 Å². The molecule has 2 fully saturated rings. The second-order valence-electron chi connectivity index (χ2n) is 7.08. The Bertz CT molecular complexity index is 662. The summed E-state index contributed by atoms with van der Waals surface area (Å²) in [5.74, 6) is 0. The number of ether oxygens (including phenoxy) is 2. The van der Waals surface area contributed by atoms with Gasteiger partial charge >= 0.3 is 6.03 Å². The zero-order chi connectivity index (χ0) is 17.9. The van der Waals surface area contributed by atoms with Gasteiger partial charge in [0, 0.05) is 24.8 Å². The largest absolute Gasteiger partial charge is 0.377 e. The topological polar surface area (TPSA) is 85.7 Å². The minimum Gasteiger partial charge on any atom is -0.377 e. The van der Waals surface area contributed by atoms with Crippen LogP contribution in [0.2, 0.25) is 0 Å². The highest BCUT2D eigenvalue weighted by molar-refractivity contribution is 5.74. The number of rotatable bonds is 3. The Morgan fingerprint density at radius 3 is 3.12 bits per heavy atom. The summed E-state index contributed by atoms with van der Waals surface area (Å²) in [5, 5.41) is 7.01. The van der Waals surface area contributed by atoms with E-state index in [0.29, 0.717) is 32.8 Å². The van der Waals surface area contributed by atoms with Crippen LogP contribution < -0.4 is 10.9 Å². The van der Waals surface area contributed by atoms with Crippen molar-refractivity contribution in [3.05, 3.63) is 28.7 Å². The molecule has 1 aromatic heterocycles. The Kier molecular flexibility index (Phi) is 5.39. The number of hydrogen-bond donors (Lipinski definition) is 1. The van der Waals surface area contributed by atoms with Crippen molar-refractivity contribution in [1.29, 1.82) is 0 Å². The molecule has 2 unspecified atom stereocenters. The van der Waals surface area contributed by atoms with Gasteiger partial charge in [-0.1, -0.05) is 0 Å². The van der Waals surface area contributed by atoms with Crippen LogP contribution in [0, 0.1) is 0 Å². The fourth-order valence-corrected chi connectivity index (χ4v) is 3.38. The predicted molar refractivity (Wildman–Crippen MR) is 91.4 cm³/mol. The summed E-state index contributed by atoms with van der Waals surface area (Å²) < 4.78 is 13.4. The number of hydrogen-bond acceptors (Lipinski definition) is 5. The van der Waals surface area contributed by atoms with Crippen molar-refractivity contribution in [3.63, 3.8) is 0 Å². The fourth-order valence-electron chi connectivity index (χ4n) is 3.38. The molecule has 0 bridgehead atoms. The minimum atomic E-state index is -0.506. The Morgan fingerprint density at radius 2 is 2.36 bits per heavy atom. The molecule has 2 aliphatic heterocycles. The van der Waals surface area contributed by atoms with E-state index in [9.17, 15) is 9.59 Å². The molecule has 0 radical (unpaired) electrons. The van der Waals surface area contributed by atoms with Crippen molar-refractivity contribution >= 4 is 6.03 Å². The molecule has 0 aliphatic carbocycles. The first-order chi connectivity index (χ1) is 12.0. The lowest BCUT2D eigenvalue weighted by Gasteiger charge is -2.32. The predicted octanol–water partition coefficient (Wildman–Crippen LogP) is 0.611. The van der Waals surface area contributed by atoms with Crippen LogP contribution >= 0.6 is 0 Å². The monoisotopic (exact) mass is 350 g/mol. The molecule has 8 heteroatoms. The van der Waals surface area contributed by atoms with Crippen molar-refractivity contribution < 1.29 is 14.3 Å². The first-order valence-electron chi connectivity index (χ1n) is 8.81. The van der Waals surface area contributed by atoms with Gasteiger partial charge in [-0.2, -0.15) is 5.10 Å². The maximum atomic E-state index is 12.4. The number of carbonyl (C=O) groups excluding carboxylic acids is 1. The zero-order valence-electron chi connectivity index (χ0n) is 14.8. The third-order valence-corrected chi connectivity index (χ3v) is 4.55. The molecule has 3 rings (SSSR count). The lowest BCUT2D eigenvalue weighted by molar-refractivity contribution is -0.0879. The van der Waals surface area contributed by atoms with Gasteiger partial charge in [0.05, 0.1) is 32.4 Å². The summed E-state index contributed by atoms with van der Waals surface area (Å²) in [4.78, 5) is 26.0. The van der Waals surface area contributed by atoms with Crippen LogP contribution in [0.4, 0.5) is 4.79 Å². The number of nitrogens with zero attached hydrogens (tertiary/aromatic N) is 3. The highest BCUT2D eigenvalue weighted by Gasteiger charge is 2.44. The van der Waals surface area contributed by atoms with Crippen LogP contribution in [0.15, 0.2) is 23.1 Å². The van der Waals surface area contributed by atoms with E-state index >= 15 is 0 Å². The molecule has 2 saturated heterocycles. The van der Waals surface area contributed by atoms with E-state index in [1.165, 1.54) is 10.7 Å². The summed E-state index contributed by atoms with van der Waals surface area (Å²) in [5.41, 5.74) is -0.643. The number of aromatic nitrogens is 2. The summed E-state index contributed by atoms with van der Waals surface area (Å²) in [7, 11) is 0. The van der Waals surface area contributed by atoms with Crippen LogP contribution in [0.3, 0.4) is 0 Å². The number of urea groups is 1. The molecule has 25 heavy (non-hydrogen) atoms. The SMILES string of the molecule is CC(C)NC(=O)N1CCOCC2(CCC(Cn3ncccc3=O)O2)C1. The maximum absolute atomic E-state index is 12.4. The van der Waals surface area contributed by atoms with Gasteiger partial charge in [-0.05, 0) is 32.8 Å². The van der Waals surface area contributed by atoms with Crippen LogP contribution in [0.5, 0.6) is 0 Å². The molecule has 138 valence electrons. The van der Waals surface area contributed by atoms with Gasteiger partial charge in [-0.15, -0.1) is 0 Å². The standard InChI is InChI=1S/C17H26N4O4/c1-13(2)19-16(23)20-8-9-24-12-17(11-20)6-5-14(25-17)10-21-15(22)4-3-7-18-21/h3-4,7,13-14H,5-6,8-12H2,1-2H3,(H,19,23). The van der Waals surface area contributed by atoms with Crippen molar-refractivity contribution in [2.45, 2.75) is 51.0 Å². The Labute approximate surface area is 147 Å². The van der Waals surface area contributed by atoms with Gasteiger partial charge in [-0.3, -0.25) is 4.79 Å². The number of nitrogens with one attached hydrogen (secondary N) is 1. The Morgan fingerprint density at radius 1 is 1.52 bits per heavy atom. The average Bonchev–Trinajstić information content (AvgIpc) is 2.81. The summed E-state index contributed by atoms with van der Waals surface area (Å²) in [6.07, 6.45) is 3.10. The molecule has 1 aromatic rings. The molecule has 1 spiro atoms. The Balaban J connectivity index is 1.66. The molecule has 2 atom stereocenters. The zero-order valence-corrected chi connectivity index (χ0v) is 14.8. The van der Waals surface area contributed by atoms with Crippen molar-refractivity contribution in [3.8, 4) is 0 Å². The first-order valence-corrected chi connectivity index (χ1v) is 8.81. The molecule has 3 heterocycles. The van der Waals surface area contributed by atoms with Gasteiger partial charge in [0.1, 0.15) is 5.60 Å². The van der Waals surface area contributed by atoms with E-state index in [4.69, 9.17) is 9.47 Å². The van der Waals surface area contributed by atoms with Crippen LogP contribution in [-0.2, 0) is 16.0 Å². The molecule has 0 saturated carbocycles. The smallest absolute Gasteiger partial charge is 0.317 e. The molecule has 2 amide bonds. The first kappa shape index (κ1) is 17.9. The van der Waals surface area contributed by atoms with Crippen LogP contribution in [0.1, 0.15) is 26.7 Å². The van der Waals surface area contributed by atoms with Crippen LogP contribution in [0.25, 0.3) is 0 Å². The molecule has 1 N–H and O–H groups in total. The van der Waals surface area contributed by atoms with Gasteiger partial charge < -0.3 is 19.7 Å². The maximum Gasteiger partial charge on any atom is 0.317 e. The molecular weight excluding hydrogens is 324 g/mol. The number of carbonyl (C=O) groups is 1. The van der Waals surface area contributed by atoms with E-state index in [-0.39, 0.29) is 23.7 Å². The highest BCUT2D eigenvalue weighted by atomic mass is 16.6. The number of amides is 2. The lowest BCUT2D eigenvalue weighted by Crippen LogP contribution is -2.51. The van der Waals surface area contributed by atoms with Gasteiger partial charge in [-0.25, -0.2) is 9.48 Å². The average molecular weight is 350 g/mol. The van der Waals surface area contributed by atoms with Gasteiger partial charge in [0.2, 0.25) is 0 Å². The van der Waals surface area contributed by atoms with E-state index in [1.807, 2.05) is 13.8 Å². The molecular formula is C17H26N4O4. The summed E-state index contributed by atoms with van der Waals surface area (Å²) >= 11 is 0. The lowest BCUT2D eigenvalue weighted by atomic mass is 10.00. The van der Waals surface area contributed by atoms with Crippen molar-refractivity contribution in [1.82, 2.24) is 20.0 Å². The van der Waals surface area contributed by atoms with E-state index in [1.54, 1.807) is 17.2 Å². The normalized spacial score (nSPS) is 26.8. The van der Waals surface area contributed by atoms with Crippen LogP contribution in [-0.4, -0.2) is 64.8 Å². The van der Waals surface area contributed by atoms with Crippen molar-refractivity contribution in [2.24, 2.45) is 0 Å².